The van der Waals surface area contributed by atoms with E-state index in [4.69, 9.17) is 5.73 Å². The summed E-state index contributed by atoms with van der Waals surface area (Å²) in [5.41, 5.74) is 7.14. The molecule has 4 rings (SSSR count). The second-order valence-corrected chi connectivity index (χ2v) is 6.02. The van der Waals surface area contributed by atoms with Crippen LogP contribution >= 0.6 is 0 Å². The van der Waals surface area contributed by atoms with E-state index in [1.165, 1.54) is 0 Å². The predicted octanol–water partition coefficient (Wildman–Crippen LogP) is 1.28. The number of anilines is 2. The molecule has 0 bridgehead atoms. The van der Waals surface area contributed by atoms with Gasteiger partial charge in [-0.15, -0.1) is 0 Å². The number of para-hydroxylation sites is 1. The first-order valence-electron chi connectivity index (χ1n) is 7.52. The normalized spacial score (nSPS) is 22.3. The lowest BCUT2D eigenvalue weighted by atomic mass is 9.81. The number of nitrogens with two attached hydrogens (primary N) is 1. The Bertz CT molecular complexity index is 820. The molecule has 1 aromatic heterocycles. The van der Waals surface area contributed by atoms with Gasteiger partial charge < -0.3 is 16.0 Å². The lowest BCUT2D eigenvalue weighted by Gasteiger charge is -2.23. The Labute approximate surface area is 133 Å². The zero-order valence-corrected chi connectivity index (χ0v) is 12.5. The topological polar surface area (TPSA) is 88.3 Å². The number of rotatable bonds is 2. The highest BCUT2D eigenvalue weighted by Crippen LogP contribution is 2.44. The highest BCUT2D eigenvalue weighted by Gasteiger charge is 2.51. The minimum atomic E-state index is -0.541. The molecule has 6 heteroatoms. The summed E-state index contributed by atoms with van der Waals surface area (Å²) in [6.45, 7) is 1.25. The van der Waals surface area contributed by atoms with Crippen LogP contribution in [-0.2, 0) is 10.2 Å². The zero-order valence-electron chi connectivity index (χ0n) is 12.5. The fourth-order valence-electron chi connectivity index (χ4n) is 3.53. The van der Waals surface area contributed by atoms with Gasteiger partial charge in [-0.1, -0.05) is 18.2 Å². The molecular weight excluding hydrogens is 292 g/mol. The van der Waals surface area contributed by atoms with Crippen molar-refractivity contribution in [1.29, 1.82) is 0 Å². The summed E-state index contributed by atoms with van der Waals surface area (Å²) in [4.78, 5) is 30.3. The van der Waals surface area contributed by atoms with E-state index in [2.05, 4.69) is 10.3 Å². The molecule has 23 heavy (non-hydrogen) atoms. The molecule has 1 unspecified atom stereocenters. The van der Waals surface area contributed by atoms with E-state index in [1.54, 1.807) is 18.3 Å². The van der Waals surface area contributed by atoms with Crippen molar-refractivity contribution in [3.8, 4) is 0 Å². The van der Waals surface area contributed by atoms with E-state index in [1.807, 2.05) is 29.2 Å². The highest BCUT2D eigenvalue weighted by atomic mass is 16.2. The van der Waals surface area contributed by atoms with Crippen LogP contribution in [0.5, 0.6) is 0 Å². The van der Waals surface area contributed by atoms with E-state index >= 15 is 0 Å². The van der Waals surface area contributed by atoms with Crippen molar-refractivity contribution in [2.75, 3.05) is 23.3 Å². The van der Waals surface area contributed by atoms with Crippen molar-refractivity contribution in [1.82, 2.24) is 4.98 Å². The van der Waals surface area contributed by atoms with Crippen molar-refractivity contribution >= 4 is 23.3 Å². The Kier molecular flexibility index (Phi) is 2.87. The van der Waals surface area contributed by atoms with Gasteiger partial charge in [0, 0.05) is 30.5 Å². The van der Waals surface area contributed by atoms with Crippen LogP contribution in [-0.4, -0.2) is 29.9 Å². The summed E-state index contributed by atoms with van der Waals surface area (Å²) >= 11 is 0. The maximum atomic E-state index is 12.6. The van der Waals surface area contributed by atoms with Gasteiger partial charge in [-0.05, 0) is 30.2 Å². The van der Waals surface area contributed by atoms with Gasteiger partial charge in [0.05, 0.1) is 5.41 Å². The van der Waals surface area contributed by atoms with Gasteiger partial charge >= 0.3 is 0 Å². The van der Waals surface area contributed by atoms with E-state index in [0.717, 1.165) is 17.7 Å². The Hall–Kier alpha value is -2.89. The standard InChI is InChI=1S/C17H16N4O2/c18-15(22)11-5-7-19-14(9-11)21-8-6-17(10-21)12-3-1-2-4-13(12)20-16(17)23/h1-5,7,9H,6,8,10H2,(H2,18,22)(H,20,23). The van der Waals surface area contributed by atoms with Crippen LogP contribution < -0.4 is 16.0 Å². The molecule has 1 saturated heterocycles. The molecular formula is C17H16N4O2. The number of benzene rings is 1. The van der Waals surface area contributed by atoms with E-state index in [-0.39, 0.29) is 5.91 Å². The fraction of sp³-hybridized carbons (Fsp3) is 0.235. The lowest BCUT2D eigenvalue weighted by Crippen LogP contribution is -2.37. The first-order chi connectivity index (χ1) is 11.1. The van der Waals surface area contributed by atoms with E-state index < -0.39 is 11.3 Å². The first-order valence-corrected chi connectivity index (χ1v) is 7.52. The maximum absolute atomic E-state index is 12.6. The molecule has 3 N–H and O–H groups in total. The smallest absolute Gasteiger partial charge is 0.248 e. The molecule has 0 aliphatic carbocycles. The Morgan fingerprint density at radius 2 is 2.13 bits per heavy atom. The lowest BCUT2D eigenvalue weighted by molar-refractivity contribution is -0.120. The number of amides is 2. The monoisotopic (exact) mass is 308 g/mol. The SMILES string of the molecule is NC(=O)c1ccnc(N2CCC3(C2)C(=O)Nc2ccccc23)c1. The zero-order chi connectivity index (χ0) is 16.0. The molecule has 2 aliphatic rings. The van der Waals surface area contributed by atoms with Crippen LogP contribution in [0.15, 0.2) is 42.6 Å². The van der Waals surface area contributed by atoms with Crippen molar-refractivity contribution in [3.63, 3.8) is 0 Å². The third kappa shape index (κ3) is 1.98. The van der Waals surface area contributed by atoms with E-state index in [9.17, 15) is 9.59 Å². The number of fused-ring (bicyclic) bond motifs is 2. The summed E-state index contributed by atoms with van der Waals surface area (Å²) in [7, 11) is 0. The second kappa shape index (κ2) is 4.81. The Balaban J connectivity index is 1.69. The third-order valence-corrected chi connectivity index (χ3v) is 4.75. The van der Waals surface area contributed by atoms with Crippen LogP contribution in [0.1, 0.15) is 22.3 Å². The number of nitrogens with one attached hydrogen (secondary N) is 1. The number of primary amides is 1. The van der Waals surface area contributed by atoms with Crippen LogP contribution in [0.3, 0.4) is 0 Å². The second-order valence-electron chi connectivity index (χ2n) is 6.02. The molecule has 1 fully saturated rings. The summed E-state index contributed by atoms with van der Waals surface area (Å²) in [6, 6.07) is 11.1. The predicted molar refractivity (Wildman–Crippen MR) is 86.3 cm³/mol. The average Bonchev–Trinajstić information content (AvgIpc) is 3.12. The van der Waals surface area contributed by atoms with Crippen molar-refractivity contribution in [2.24, 2.45) is 5.73 Å². The van der Waals surface area contributed by atoms with E-state index in [0.29, 0.717) is 24.5 Å². The minimum absolute atomic E-state index is 0.0345. The summed E-state index contributed by atoms with van der Waals surface area (Å²) in [5.74, 6) is 0.231. The number of carbonyl (C=O) groups is 2. The minimum Gasteiger partial charge on any atom is -0.366 e. The summed E-state index contributed by atoms with van der Waals surface area (Å²) < 4.78 is 0. The molecule has 2 aliphatic heterocycles. The Morgan fingerprint density at radius 3 is 2.96 bits per heavy atom. The van der Waals surface area contributed by atoms with Gasteiger partial charge in [0.1, 0.15) is 5.82 Å². The van der Waals surface area contributed by atoms with Crippen LogP contribution in [0.4, 0.5) is 11.5 Å². The molecule has 2 amide bonds. The highest BCUT2D eigenvalue weighted by molar-refractivity contribution is 6.07. The van der Waals surface area contributed by atoms with Gasteiger partial charge in [-0.2, -0.15) is 0 Å². The molecule has 1 spiro atoms. The number of pyridine rings is 1. The van der Waals surface area contributed by atoms with Gasteiger partial charge in [0.15, 0.2) is 0 Å². The van der Waals surface area contributed by atoms with Crippen molar-refractivity contribution in [3.05, 3.63) is 53.7 Å². The molecule has 6 nitrogen and oxygen atoms in total. The van der Waals surface area contributed by atoms with Crippen molar-refractivity contribution < 1.29 is 9.59 Å². The fourth-order valence-corrected chi connectivity index (χ4v) is 3.53. The van der Waals surface area contributed by atoms with Crippen molar-refractivity contribution in [2.45, 2.75) is 11.8 Å². The quantitative estimate of drug-likeness (QED) is 0.875. The molecule has 0 saturated carbocycles. The summed E-state index contributed by atoms with van der Waals surface area (Å²) in [6.07, 6.45) is 2.29. The van der Waals surface area contributed by atoms with Crippen LogP contribution in [0.2, 0.25) is 0 Å². The number of aromatic nitrogens is 1. The molecule has 0 radical (unpaired) electrons. The van der Waals surface area contributed by atoms with Gasteiger partial charge in [-0.3, -0.25) is 9.59 Å². The molecule has 1 atom stereocenters. The Morgan fingerprint density at radius 1 is 1.30 bits per heavy atom. The number of carbonyl (C=O) groups excluding carboxylic acids is 2. The maximum Gasteiger partial charge on any atom is 0.248 e. The third-order valence-electron chi connectivity index (χ3n) is 4.75. The molecule has 3 heterocycles. The average molecular weight is 308 g/mol. The van der Waals surface area contributed by atoms with Gasteiger partial charge in [-0.25, -0.2) is 4.98 Å². The van der Waals surface area contributed by atoms with Crippen LogP contribution in [0, 0.1) is 0 Å². The first kappa shape index (κ1) is 13.8. The molecule has 2 aromatic rings. The largest absolute Gasteiger partial charge is 0.366 e. The van der Waals surface area contributed by atoms with Crippen LogP contribution in [0.25, 0.3) is 0 Å². The molecule has 116 valence electrons. The van der Waals surface area contributed by atoms with Gasteiger partial charge in [0.25, 0.3) is 0 Å². The number of hydrogen-bond acceptors (Lipinski definition) is 4. The summed E-state index contributed by atoms with van der Waals surface area (Å²) in [5, 5.41) is 2.97. The number of hydrogen-bond donors (Lipinski definition) is 2. The molecule has 1 aromatic carbocycles. The number of nitrogens with zero attached hydrogens (tertiary/aromatic N) is 2. The van der Waals surface area contributed by atoms with Gasteiger partial charge in [0.2, 0.25) is 11.8 Å².